The molecule has 112 valence electrons. The number of rotatable bonds is 6. The molecule has 0 fully saturated rings. The lowest BCUT2D eigenvalue weighted by molar-refractivity contribution is 0.339. The SMILES string of the molecule is CCS(=O)(=O)CCOc1ccc2c(c1)CCCC2NC. The second-order valence-electron chi connectivity index (χ2n) is 5.18. The van der Waals surface area contributed by atoms with E-state index in [4.69, 9.17) is 4.74 Å². The lowest BCUT2D eigenvalue weighted by Crippen LogP contribution is -2.21. The predicted octanol–water partition coefficient (Wildman–Crippen LogP) is 2.10. The van der Waals surface area contributed by atoms with Gasteiger partial charge in [0, 0.05) is 11.8 Å². The molecule has 2 rings (SSSR count). The van der Waals surface area contributed by atoms with Crippen molar-refractivity contribution in [1.82, 2.24) is 5.32 Å². The first-order valence-corrected chi connectivity index (χ1v) is 9.01. The predicted molar refractivity (Wildman–Crippen MR) is 81.0 cm³/mol. The molecule has 0 bridgehead atoms. The Bertz CT molecular complexity index is 554. The molecule has 1 aromatic carbocycles. The lowest BCUT2D eigenvalue weighted by Gasteiger charge is -2.25. The van der Waals surface area contributed by atoms with Crippen molar-refractivity contribution in [3.8, 4) is 5.75 Å². The first-order chi connectivity index (χ1) is 9.55. The zero-order chi connectivity index (χ0) is 14.6. The topological polar surface area (TPSA) is 55.4 Å². The van der Waals surface area contributed by atoms with Gasteiger partial charge in [-0.25, -0.2) is 8.42 Å². The Morgan fingerprint density at radius 1 is 1.40 bits per heavy atom. The summed E-state index contributed by atoms with van der Waals surface area (Å²) < 4.78 is 28.4. The molecular formula is C15H23NO3S. The van der Waals surface area contributed by atoms with Crippen LogP contribution in [0.3, 0.4) is 0 Å². The Hall–Kier alpha value is -1.07. The van der Waals surface area contributed by atoms with Gasteiger partial charge in [0.25, 0.3) is 0 Å². The Kier molecular flexibility index (Phi) is 5.05. The van der Waals surface area contributed by atoms with Crippen LogP contribution in [0.2, 0.25) is 0 Å². The number of sulfone groups is 1. The molecule has 0 radical (unpaired) electrons. The van der Waals surface area contributed by atoms with Crippen LogP contribution in [0.5, 0.6) is 5.75 Å². The average molecular weight is 297 g/mol. The minimum Gasteiger partial charge on any atom is -0.493 e. The standard InChI is InChI=1S/C15H23NO3S/c1-3-20(17,18)10-9-19-13-7-8-14-12(11-13)5-4-6-15(14)16-2/h7-8,11,15-16H,3-6,9-10H2,1-2H3. The van der Waals surface area contributed by atoms with E-state index in [1.807, 2.05) is 13.1 Å². The molecule has 1 aromatic rings. The van der Waals surface area contributed by atoms with Crippen molar-refractivity contribution >= 4 is 9.84 Å². The molecule has 0 saturated carbocycles. The van der Waals surface area contributed by atoms with Crippen LogP contribution in [-0.2, 0) is 16.3 Å². The van der Waals surface area contributed by atoms with Crippen LogP contribution in [0.1, 0.15) is 36.9 Å². The third-order valence-corrected chi connectivity index (χ3v) is 5.55. The Labute approximate surface area is 121 Å². The van der Waals surface area contributed by atoms with Gasteiger partial charge >= 0.3 is 0 Å². The molecular weight excluding hydrogens is 274 g/mol. The van der Waals surface area contributed by atoms with Gasteiger partial charge in [0.1, 0.15) is 12.4 Å². The largest absolute Gasteiger partial charge is 0.493 e. The summed E-state index contributed by atoms with van der Waals surface area (Å²) in [6, 6.07) is 6.51. The fraction of sp³-hybridized carbons (Fsp3) is 0.600. The van der Waals surface area contributed by atoms with Gasteiger partial charge < -0.3 is 10.1 Å². The van der Waals surface area contributed by atoms with Crippen LogP contribution in [0.15, 0.2) is 18.2 Å². The van der Waals surface area contributed by atoms with E-state index >= 15 is 0 Å². The van der Waals surface area contributed by atoms with E-state index in [1.165, 1.54) is 24.0 Å². The molecule has 5 heteroatoms. The highest BCUT2D eigenvalue weighted by atomic mass is 32.2. The van der Waals surface area contributed by atoms with E-state index in [2.05, 4.69) is 17.4 Å². The molecule has 1 aliphatic carbocycles. The van der Waals surface area contributed by atoms with Crippen LogP contribution in [0.25, 0.3) is 0 Å². The monoisotopic (exact) mass is 297 g/mol. The zero-order valence-electron chi connectivity index (χ0n) is 12.2. The smallest absolute Gasteiger partial charge is 0.153 e. The molecule has 1 N–H and O–H groups in total. The lowest BCUT2D eigenvalue weighted by atomic mass is 9.87. The molecule has 0 saturated heterocycles. The highest BCUT2D eigenvalue weighted by Gasteiger charge is 2.19. The highest BCUT2D eigenvalue weighted by molar-refractivity contribution is 7.91. The number of nitrogens with one attached hydrogen (secondary N) is 1. The summed E-state index contributed by atoms with van der Waals surface area (Å²) in [5.41, 5.74) is 2.65. The molecule has 0 aliphatic heterocycles. The van der Waals surface area contributed by atoms with Gasteiger partial charge in [0.05, 0.1) is 5.75 Å². The van der Waals surface area contributed by atoms with Gasteiger partial charge in [-0.15, -0.1) is 0 Å². The van der Waals surface area contributed by atoms with E-state index in [0.717, 1.165) is 12.2 Å². The van der Waals surface area contributed by atoms with E-state index in [0.29, 0.717) is 6.04 Å². The van der Waals surface area contributed by atoms with E-state index in [-0.39, 0.29) is 18.1 Å². The second-order valence-corrected chi connectivity index (χ2v) is 7.65. The summed E-state index contributed by atoms with van der Waals surface area (Å²) in [7, 11) is -0.969. The maximum Gasteiger partial charge on any atom is 0.153 e. The van der Waals surface area contributed by atoms with Crippen LogP contribution < -0.4 is 10.1 Å². The van der Waals surface area contributed by atoms with Gasteiger partial charge in [0.2, 0.25) is 0 Å². The molecule has 0 amide bonds. The molecule has 0 aromatic heterocycles. The van der Waals surface area contributed by atoms with Gasteiger partial charge in [-0.1, -0.05) is 13.0 Å². The van der Waals surface area contributed by atoms with Crippen LogP contribution in [-0.4, -0.2) is 33.6 Å². The van der Waals surface area contributed by atoms with Crippen molar-refractivity contribution in [2.75, 3.05) is 25.2 Å². The summed E-state index contributed by atoms with van der Waals surface area (Å²) in [6.45, 7) is 1.89. The maximum atomic E-state index is 11.4. The van der Waals surface area contributed by atoms with Crippen molar-refractivity contribution < 1.29 is 13.2 Å². The fourth-order valence-electron chi connectivity index (χ4n) is 2.61. The number of aryl methyl sites for hydroxylation is 1. The van der Waals surface area contributed by atoms with E-state index in [1.54, 1.807) is 6.92 Å². The number of ether oxygens (including phenoxy) is 1. The Balaban J connectivity index is 2.01. The van der Waals surface area contributed by atoms with Crippen LogP contribution in [0, 0.1) is 0 Å². The number of hydrogen-bond acceptors (Lipinski definition) is 4. The maximum absolute atomic E-state index is 11.4. The third kappa shape index (κ3) is 3.73. The summed E-state index contributed by atoms with van der Waals surface area (Å²) in [4.78, 5) is 0. The van der Waals surface area contributed by atoms with Gasteiger partial charge in [-0.3, -0.25) is 0 Å². The molecule has 0 spiro atoms. The van der Waals surface area contributed by atoms with Gasteiger partial charge in [0.15, 0.2) is 9.84 Å². The summed E-state index contributed by atoms with van der Waals surface area (Å²) in [5, 5.41) is 3.33. The van der Waals surface area contributed by atoms with E-state index in [9.17, 15) is 8.42 Å². The van der Waals surface area contributed by atoms with Crippen molar-refractivity contribution in [2.45, 2.75) is 32.2 Å². The second kappa shape index (κ2) is 6.59. The number of fused-ring (bicyclic) bond motifs is 1. The van der Waals surface area contributed by atoms with Crippen molar-refractivity contribution in [3.05, 3.63) is 29.3 Å². The molecule has 1 aliphatic rings. The highest BCUT2D eigenvalue weighted by Crippen LogP contribution is 2.31. The van der Waals surface area contributed by atoms with E-state index < -0.39 is 9.84 Å². The van der Waals surface area contributed by atoms with Crippen molar-refractivity contribution in [1.29, 1.82) is 0 Å². The van der Waals surface area contributed by atoms with Crippen LogP contribution >= 0.6 is 0 Å². The molecule has 1 unspecified atom stereocenters. The third-order valence-electron chi connectivity index (χ3n) is 3.88. The minimum absolute atomic E-state index is 0.0831. The fourth-order valence-corrected chi connectivity index (χ4v) is 3.24. The normalized spacial score (nSPS) is 18.6. The summed E-state index contributed by atoms with van der Waals surface area (Å²) >= 11 is 0. The van der Waals surface area contributed by atoms with Gasteiger partial charge in [-0.2, -0.15) is 0 Å². The first kappa shape index (κ1) is 15.3. The molecule has 4 nitrogen and oxygen atoms in total. The summed E-state index contributed by atoms with van der Waals surface area (Å²) in [5.74, 6) is 1.02. The molecule has 20 heavy (non-hydrogen) atoms. The number of hydrogen-bond donors (Lipinski definition) is 1. The van der Waals surface area contributed by atoms with Crippen molar-refractivity contribution in [2.24, 2.45) is 0 Å². The van der Waals surface area contributed by atoms with Gasteiger partial charge in [-0.05, 0) is 49.6 Å². The molecule has 0 heterocycles. The Morgan fingerprint density at radius 2 is 2.20 bits per heavy atom. The van der Waals surface area contributed by atoms with Crippen LogP contribution in [0.4, 0.5) is 0 Å². The summed E-state index contributed by atoms with van der Waals surface area (Å²) in [6.07, 6.45) is 3.41. The Morgan fingerprint density at radius 3 is 2.90 bits per heavy atom. The first-order valence-electron chi connectivity index (χ1n) is 7.19. The minimum atomic E-state index is -2.95. The average Bonchev–Trinajstić information content (AvgIpc) is 2.46. The zero-order valence-corrected chi connectivity index (χ0v) is 13.0. The number of benzene rings is 1. The molecule has 1 atom stereocenters. The quantitative estimate of drug-likeness (QED) is 0.873. The van der Waals surface area contributed by atoms with Crippen molar-refractivity contribution in [3.63, 3.8) is 0 Å².